The topological polar surface area (TPSA) is 88.2 Å². The Hall–Kier alpha value is -2.89. The van der Waals surface area contributed by atoms with Gasteiger partial charge in [-0.25, -0.2) is 9.78 Å². The Kier molecular flexibility index (Phi) is 3.04. The molecule has 3 rings (SSSR count). The first kappa shape index (κ1) is 12.2. The second kappa shape index (κ2) is 5.00. The van der Waals surface area contributed by atoms with Crippen LogP contribution in [0, 0.1) is 0 Å². The van der Waals surface area contributed by atoms with Crippen LogP contribution in [-0.4, -0.2) is 21.0 Å². The molecule has 100 valence electrons. The molecule has 6 nitrogen and oxygen atoms in total. The van der Waals surface area contributed by atoms with Crippen LogP contribution in [0.25, 0.3) is 10.9 Å². The van der Waals surface area contributed by atoms with Crippen LogP contribution in [0.1, 0.15) is 16.2 Å². The van der Waals surface area contributed by atoms with Crippen LogP contribution >= 0.6 is 0 Å². The van der Waals surface area contributed by atoms with E-state index in [9.17, 15) is 4.79 Å². The van der Waals surface area contributed by atoms with Crippen molar-refractivity contribution in [3.63, 3.8) is 0 Å². The Morgan fingerprint density at radius 1 is 1.30 bits per heavy atom. The van der Waals surface area contributed by atoms with Gasteiger partial charge < -0.3 is 14.8 Å². The Labute approximate surface area is 114 Å². The molecular formula is C14H11N3O3. The van der Waals surface area contributed by atoms with Gasteiger partial charge in [0.1, 0.15) is 11.5 Å². The summed E-state index contributed by atoms with van der Waals surface area (Å²) in [5.74, 6) is -0.280. The van der Waals surface area contributed by atoms with Crippen LogP contribution in [0.4, 0.5) is 5.69 Å². The fraction of sp³-hybridized carbons (Fsp3) is 0.0714. The summed E-state index contributed by atoms with van der Waals surface area (Å²) >= 11 is 0. The summed E-state index contributed by atoms with van der Waals surface area (Å²) in [6.07, 6.45) is 4.86. The fourth-order valence-electron chi connectivity index (χ4n) is 1.89. The first-order chi connectivity index (χ1) is 9.74. The molecule has 0 saturated heterocycles. The molecule has 3 heterocycles. The lowest BCUT2D eigenvalue weighted by Gasteiger charge is -2.07. The van der Waals surface area contributed by atoms with Gasteiger partial charge in [0.05, 0.1) is 30.2 Å². The number of hydrogen-bond donors (Lipinski definition) is 2. The fourth-order valence-corrected chi connectivity index (χ4v) is 1.89. The van der Waals surface area contributed by atoms with E-state index < -0.39 is 5.97 Å². The number of rotatable bonds is 4. The van der Waals surface area contributed by atoms with Gasteiger partial charge in [0.25, 0.3) is 0 Å². The average Bonchev–Trinajstić information content (AvgIpc) is 2.97. The Balaban J connectivity index is 1.96. The van der Waals surface area contributed by atoms with E-state index in [1.54, 1.807) is 30.8 Å². The van der Waals surface area contributed by atoms with Crippen molar-refractivity contribution >= 4 is 22.6 Å². The highest BCUT2D eigenvalue weighted by atomic mass is 16.4. The standard InChI is InChI=1S/C14H11N3O3/c18-14(19)11-4-3-9-6-15-8-12(13(9)17-11)16-7-10-2-1-5-20-10/h1-6,8,16H,7H2,(H,18,19). The largest absolute Gasteiger partial charge is 0.477 e. The Bertz CT molecular complexity index is 753. The van der Waals surface area contributed by atoms with E-state index in [4.69, 9.17) is 9.52 Å². The van der Waals surface area contributed by atoms with Gasteiger partial charge in [0, 0.05) is 11.6 Å². The number of fused-ring (bicyclic) bond motifs is 1. The lowest BCUT2D eigenvalue weighted by atomic mass is 10.2. The van der Waals surface area contributed by atoms with Crippen molar-refractivity contribution < 1.29 is 14.3 Å². The summed E-state index contributed by atoms with van der Waals surface area (Å²) < 4.78 is 5.23. The normalized spacial score (nSPS) is 10.6. The highest BCUT2D eigenvalue weighted by Gasteiger charge is 2.09. The number of carbonyl (C=O) groups is 1. The molecule has 0 amide bonds. The third-order valence-corrected chi connectivity index (χ3v) is 2.85. The molecule has 0 aliphatic rings. The van der Waals surface area contributed by atoms with Crippen LogP contribution in [0.15, 0.2) is 47.3 Å². The van der Waals surface area contributed by atoms with Crippen molar-refractivity contribution in [1.29, 1.82) is 0 Å². The van der Waals surface area contributed by atoms with Gasteiger partial charge in [-0.05, 0) is 24.3 Å². The van der Waals surface area contributed by atoms with Crippen LogP contribution in [-0.2, 0) is 6.54 Å². The zero-order valence-corrected chi connectivity index (χ0v) is 10.4. The molecule has 20 heavy (non-hydrogen) atoms. The van der Waals surface area contributed by atoms with Crippen LogP contribution in [0.2, 0.25) is 0 Å². The van der Waals surface area contributed by atoms with Gasteiger partial charge in [-0.2, -0.15) is 0 Å². The molecule has 3 aromatic rings. The van der Waals surface area contributed by atoms with Gasteiger partial charge >= 0.3 is 5.97 Å². The number of aromatic nitrogens is 2. The van der Waals surface area contributed by atoms with Gasteiger partial charge in [-0.1, -0.05) is 0 Å². The second-order valence-corrected chi connectivity index (χ2v) is 4.19. The second-order valence-electron chi connectivity index (χ2n) is 4.19. The highest BCUT2D eigenvalue weighted by Crippen LogP contribution is 2.21. The maximum atomic E-state index is 11.0. The van der Waals surface area contributed by atoms with Crippen LogP contribution in [0.5, 0.6) is 0 Å². The van der Waals surface area contributed by atoms with Crippen molar-refractivity contribution in [1.82, 2.24) is 9.97 Å². The van der Waals surface area contributed by atoms with Gasteiger partial charge in [0.2, 0.25) is 0 Å². The van der Waals surface area contributed by atoms with Gasteiger partial charge in [-0.15, -0.1) is 0 Å². The van der Waals surface area contributed by atoms with Gasteiger partial charge in [-0.3, -0.25) is 4.98 Å². The number of pyridine rings is 2. The van der Waals surface area contributed by atoms with E-state index in [-0.39, 0.29) is 5.69 Å². The maximum Gasteiger partial charge on any atom is 0.354 e. The predicted octanol–water partition coefficient (Wildman–Crippen LogP) is 2.53. The summed E-state index contributed by atoms with van der Waals surface area (Å²) in [7, 11) is 0. The maximum absolute atomic E-state index is 11.0. The average molecular weight is 269 g/mol. The first-order valence-corrected chi connectivity index (χ1v) is 5.98. The van der Waals surface area contributed by atoms with Crippen molar-refractivity contribution in [2.45, 2.75) is 6.54 Å². The molecule has 3 aromatic heterocycles. The number of anilines is 1. The summed E-state index contributed by atoms with van der Waals surface area (Å²) in [6.45, 7) is 0.479. The van der Waals surface area contributed by atoms with Crippen LogP contribution in [0.3, 0.4) is 0 Å². The summed E-state index contributed by atoms with van der Waals surface area (Å²) in [4.78, 5) is 19.2. The van der Waals surface area contributed by atoms with Crippen molar-refractivity contribution in [2.75, 3.05) is 5.32 Å². The lowest BCUT2D eigenvalue weighted by Crippen LogP contribution is -2.03. The van der Waals surface area contributed by atoms with E-state index >= 15 is 0 Å². The number of furan rings is 1. The highest BCUT2D eigenvalue weighted by molar-refractivity contribution is 5.94. The minimum atomic E-state index is -1.05. The Morgan fingerprint density at radius 3 is 2.95 bits per heavy atom. The molecule has 0 saturated carbocycles. The zero-order chi connectivity index (χ0) is 13.9. The zero-order valence-electron chi connectivity index (χ0n) is 10.4. The monoisotopic (exact) mass is 269 g/mol. The van der Waals surface area contributed by atoms with Crippen molar-refractivity contribution in [3.05, 3.63) is 54.4 Å². The first-order valence-electron chi connectivity index (χ1n) is 5.98. The lowest BCUT2D eigenvalue weighted by molar-refractivity contribution is 0.0691. The van der Waals surface area contributed by atoms with E-state index in [1.807, 2.05) is 6.07 Å². The summed E-state index contributed by atoms with van der Waals surface area (Å²) in [5, 5.41) is 12.9. The minimum Gasteiger partial charge on any atom is -0.477 e. The number of nitrogens with zero attached hydrogens (tertiary/aromatic N) is 2. The smallest absolute Gasteiger partial charge is 0.354 e. The Morgan fingerprint density at radius 2 is 2.20 bits per heavy atom. The molecular weight excluding hydrogens is 258 g/mol. The number of hydrogen-bond acceptors (Lipinski definition) is 5. The SMILES string of the molecule is O=C(O)c1ccc2cncc(NCc3ccco3)c2n1. The van der Waals surface area contributed by atoms with Crippen molar-refractivity contribution in [2.24, 2.45) is 0 Å². The summed E-state index contributed by atoms with van der Waals surface area (Å²) in [6, 6.07) is 6.81. The molecule has 0 atom stereocenters. The van der Waals surface area contributed by atoms with Crippen molar-refractivity contribution in [3.8, 4) is 0 Å². The van der Waals surface area contributed by atoms with E-state index in [0.29, 0.717) is 17.7 Å². The molecule has 0 fully saturated rings. The third-order valence-electron chi connectivity index (χ3n) is 2.85. The number of nitrogens with one attached hydrogen (secondary N) is 1. The van der Waals surface area contributed by atoms with Crippen LogP contribution < -0.4 is 5.32 Å². The number of carboxylic acids is 1. The van der Waals surface area contributed by atoms with Gasteiger partial charge in [0.15, 0.2) is 0 Å². The molecule has 6 heteroatoms. The molecule has 0 aliphatic carbocycles. The van der Waals surface area contributed by atoms with E-state index in [1.165, 1.54) is 6.07 Å². The third kappa shape index (κ3) is 2.31. The number of carboxylic acid groups (broad SMARTS) is 1. The minimum absolute atomic E-state index is 0.00440. The van der Waals surface area contributed by atoms with E-state index in [0.717, 1.165) is 11.1 Å². The summed E-state index contributed by atoms with van der Waals surface area (Å²) in [5.41, 5.74) is 1.25. The molecule has 0 aromatic carbocycles. The molecule has 2 N–H and O–H groups in total. The van der Waals surface area contributed by atoms with E-state index in [2.05, 4.69) is 15.3 Å². The quantitative estimate of drug-likeness (QED) is 0.756. The molecule has 0 radical (unpaired) electrons. The molecule has 0 bridgehead atoms. The molecule has 0 unspecified atom stereocenters. The molecule has 0 spiro atoms. The molecule has 0 aliphatic heterocycles. The number of aromatic carboxylic acids is 1. The predicted molar refractivity (Wildman–Crippen MR) is 72.5 cm³/mol.